The Labute approximate surface area is 117 Å². The summed E-state index contributed by atoms with van der Waals surface area (Å²) >= 11 is 1.38. The summed E-state index contributed by atoms with van der Waals surface area (Å²) in [5.41, 5.74) is 6.34. The van der Waals surface area contributed by atoms with Gasteiger partial charge in [-0.15, -0.1) is 5.10 Å². The monoisotopic (exact) mass is 290 g/mol. The van der Waals surface area contributed by atoms with Gasteiger partial charge in [0.25, 0.3) is 5.78 Å². The Hall–Kier alpha value is -2.49. The van der Waals surface area contributed by atoms with Crippen molar-refractivity contribution in [3.05, 3.63) is 12.4 Å². The second-order valence-corrected chi connectivity index (χ2v) is 4.43. The van der Waals surface area contributed by atoms with Crippen LogP contribution in [0.15, 0.2) is 17.6 Å². The molecule has 0 saturated heterocycles. The average Bonchev–Trinajstić information content (AvgIpc) is 2.92. The van der Waals surface area contributed by atoms with Crippen molar-refractivity contribution in [2.24, 2.45) is 0 Å². The van der Waals surface area contributed by atoms with Crippen molar-refractivity contribution in [3.8, 4) is 17.4 Å². The maximum Gasteiger partial charge on any atom is 0.258 e. The Balaban J connectivity index is 2.14. The molecule has 2 N–H and O–H groups in total. The number of ether oxygens (including phenoxy) is 1. The van der Waals surface area contributed by atoms with Crippen LogP contribution in [-0.2, 0) is 0 Å². The molecule has 0 fully saturated rings. The summed E-state index contributed by atoms with van der Waals surface area (Å²) in [6.45, 7) is 0. The van der Waals surface area contributed by atoms with Crippen molar-refractivity contribution < 1.29 is 4.74 Å². The number of rotatable bonds is 3. The van der Waals surface area contributed by atoms with E-state index < -0.39 is 0 Å². The number of nitrogen functional groups attached to an aromatic ring is 1. The Morgan fingerprint density at radius 1 is 1.25 bits per heavy atom. The molecule has 0 aliphatic carbocycles. The van der Waals surface area contributed by atoms with Crippen LogP contribution in [0.2, 0.25) is 0 Å². The van der Waals surface area contributed by atoms with Gasteiger partial charge in [0.1, 0.15) is 12.0 Å². The number of hydrogen-bond acceptors (Lipinski definition) is 9. The lowest BCUT2D eigenvalue weighted by molar-refractivity contribution is 0.397. The molecule has 0 spiro atoms. The van der Waals surface area contributed by atoms with Gasteiger partial charge in [-0.3, -0.25) is 0 Å². The van der Waals surface area contributed by atoms with Crippen LogP contribution in [0, 0.1) is 0 Å². The lowest BCUT2D eigenvalue weighted by atomic mass is 10.4. The van der Waals surface area contributed by atoms with Crippen LogP contribution in [0.4, 0.5) is 5.95 Å². The van der Waals surface area contributed by atoms with E-state index in [-0.39, 0.29) is 5.95 Å². The van der Waals surface area contributed by atoms with Crippen molar-refractivity contribution in [1.82, 2.24) is 34.5 Å². The first kappa shape index (κ1) is 12.5. The zero-order valence-corrected chi connectivity index (χ0v) is 11.5. The third kappa shape index (κ3) is 2.09. The Bertz CT molecular complexity index is 773. The molecule has 0 saturated carbocycles. The zero-order chi connectivity index (χ0) is 14.1. The minimum Gasteiger partial charge on any atom is -0.481 e. The Morgan fingerprint density at radius 3 is 2.85 bits per heavy atom. The highest BCUT2D eigenvalue weighted by molar-refractivity contribution is 7.98. The number of methoxy groups -OCH3 is 1. The van der Waals surface area contributed by atoms with Gasteiger partial charge in [-0.25, -0.2) is 9.97 Å². The fraction of sp³-hybridized carbons (Fsp3) is 0.200. The van der Waals surface area contributed by atoms with E-state index in [1.54, 1.807) is 6.07 Å². The number of aromatic nitrogens is 7. The van der Waals surface area contributed by atoms with Crippen LogP contribution < -0.4 is 10.5 Å². The van der Waals surface area contributed by atoms with E-state index in [1.807, 2.05) is 6.26 Å². The minimum absolute atomic E-state index is 0.221. The Kier molecular flexibility index (Phi) is 3.06. The molecule has 0 radical (unpaired) electrons. The molecule has 0 unspecified atom stereocenters. The predicted octanol–water partition coefficient (Wildman–Crippen LogP) is 0.289. The van der Waals surface area contributed by atoms with E-state index in [0.29, 0.717) is 28.3 Å². The van der Waals surface area contributed by atoms with Gasteiger partial charge < -0.3 is 10.5 Å². The number of fused-ring (bicyclic) bond motifs is 1. The van der Waals surface area contributed by atoms with Crippen molar-refractivity contribution in [1.29, 1.82) is 0 Å². The summed E-state index contributed by atoms with van der Waals surface area (Å²) < 4.78 is 6.41. The van der Waals surface area contributed by atoms with Crippen molar-refractivity contribution >= 4 is 23.5 Å². The molecule has 0 atom stereocenters. The second kappa shape index (κ2) is 4.89. The SMILES string of the molecule is COc1cc(-c2nc3nc(SC)nc(N)n3n2)ncn1. The quantitative estimate of drug-likeness (QED) is 0.679. The highest BCUT2D eigenvalue weighted by Gasteiger charge is 2.13. The van der Waals surface area contributed by atoms with Crippen LogP contribution >= 0.6 is 11.8 Å². The first-order valence-corrected chi connectivity index (χ1v) is 6.74. The topological polar surface area (TPSA) is 117 Å². The molecule has 3 heterocycles. The van der Waals surface area contributed by atoms with E-state index in [9.17, 15) is 0 Å². The standard InChI is InChI=1S/C10H10N8OS/c1-19-6-3-5(12-4-13-6)7-14-9-16-10(20-2)15-8(11)18(9)17-7/h3-4H,1-2H3,(H2,11,14,15,16,17). The van der Waals surface area contributed by atoms with Crippen molar-refractivity contribution in [2.45, 2.75) is 5.16 Å². The smallest absolute Gasteiger partial charge is 0.258 e. The summed E-state index contributed by atoms with van der Waals surface area (Å²) in [5.74, 6) is 1.40. The first-order chi connectivity index (χ1) is 9.71. The molecule has 10 heteroatoms. The largest absolute Gasteiger partial charge is 0.481 e. The molecule has 0 aromatic carbocycles. The van der Waals surface area contributed by atoms with Gasteiger partial charge in [0.2, 0.25) is 17.7 Å². The highest BCUT2D eigenvalue weighted by atomic mass is 32.2. The predicted molar refractivity (Wildman–Crippen MR) is 72.3 cm³/mol. The number of nitrogens with two attached hydrogens (primary N) is 1. The molecule has 102 valence electrons. The fourth-order valence-electron chi connectivity index (χ4n) is 1.56. The second-order valence-electron chi connectivity index (χ2n) is 3.66. The third-order valence-corrected chi connectivity index (χ3v) is 3.02. The summed E-state index contributed by atoms with van der Waals surface area (Å²) in [6.07, 6.45) is 3.24. The van der Waals surface area contributed by atoms with Crippen LogP contribution in [0.3, 0.4) is 0 Å². The summed E-state index contributed by atoms with van der Waals surface area (Å²) in [7, 11) is 1.53. The summed E-state index contributed by atoms with van der Waals surface area (Å²) in [6, 6.07) is 1.63. The third-order valence-electron chi connectivity index (χ3n) is 2.48. The normalized spacial score (nSPS) is 10.9. The van der Waals surface area contributed by atoms with Crippen molar-refractivity contribution in [3.63, 3.8) is 0 Å². The molecule has 0 amide bonds. The van der Waals surface area contributed by atoms with Gasteiger partial charge in [-0.2, -0.15) is 19.5 Å². The van der Waals surface area contributed by atoms with Crippen molar-refractivity contribution in [2.75, 3.05) is 19.1 Å². The number of nitrogens with zero attached hydrogens (tertiary/aromatic N) is 7. The zero-order valence-electron chi connectivity index (χ0n) is 10.7. The number of anilines is 1. The maximum absolute atomic E-state index is 5.82. The van der Waals surface area contributed by atoms with Crippen LogP contribution in [0.5, 0.6) is 5.88 Å². The van der Waals surface area contributed by atoms with Crippen LogP contribution in [0.1, 0.15) is 0 Å². The minimum atomic E-state index is 0.221. The van der Waals surface area contributed by atoms with Gasteiger partial charge >= 0.3 is 0 Å². The summed E-state index contributed by atoms with van der Waals surface area (Å²) in [4.78, 5) is 20.6. The molecule has 20 heavy (non-hydrogen) atoms. The molecule has 3 aromatic heterocycles. The number of thioether (sulfide) groups is 1. The Morgan fingerprint density at radius 2 is 2.10 bits per heavy atom. The molecular weight excluding hydrogens is 280 g/mol. The van der Waals surface area contributed by atoms with E-state index in [2.05, 4.69) is 30.0 Å². The van der Waals surface area contributed by atoms with Gasteiger partial charge in [0.05, 0.1) is 7.11 Å². The molecule has 3 aromatic rings. The first-order valence-electron chi connectivity index (χ1n) is 5.52. The van der Waals surface area contributed by atoms with E-state index in [0.717, 1.165) is 0 Å². The van der Waals surface area contributed by atoms with E-state index in [4.69, 9.17) is 10.5 Å². The molecule has 0 bridgehead atoms. The molecular formula is C10H10N8OS. The van der Waals surface area contributed by atoms with Gasteiger partial charge in [-0.05, 0) is 6.26 Å². The highest BCUT2D eigenvalue weighted by Crippen LogP contribution is 2.18. The average molecular weight is 290 g/mol. The van der Waals surface area contributed by atoms with Crippen LogP contribution in [-0.4, -0.2) is 47.9 Å². The van der Waals surface area contributed by atoms with E-state index in [1.165, 1.54) is 29.7 Å². The maximum atomic E-state index is 5.82. The van der Waals surface area contributed by atoms with Gasteiger partial charge in [-0.1, -0.05) is 11.8 Å². The molecule has 0 aliphatic heterocycles. The summed E-state index contributed by atoms with van der Waals surface area (Å²) in [5, 5.41) is 4.77. The van der Waals surface area contributed by atoms with E-state index >= 15 is 0 Å². The lowest BCUT2D eigenvalue weighted by Crippen LogP contribution is -2.04. The number of hydrogen-bond donors (Lipinski definition) is 1. The lowest BCUT2D eigenvalue weighted by Gasteiger charge is -1.98. The van der Waals surface area contributed by atoms with Gasteiger partial charge in [0.15, 0.2) is 5.16 Å². The molecule has 9 nitrogen and oxygen atoms in total. The fourth-order valence-corrected chi connectivity index (χ4v) is 1.92. The van der Waals surface area contributed by atoms with Gasteiger partial charge in [0, 0.05) is 6.07 Å². The van der Waals surface area contributed by atoms with Crippen LogP contribution in [0.25, 0.3) is 17.3 Å². The molecule has 0 aliphatic rings. The molecule has 3 rings (SSSR count).